The van der Waals surface area contributed by atoms with Crippen molar-refractivity contribution in [3.63, 3.8) is 0 Å². The van der Waals surface area contributed by atoms with Gasteiger partial charge in [-0.3, -0.25) is 0 Å². The lowest BCUT2D eigenvalue weighted by atomic mass is 10.1. The SMILES string of the molecule is CC(C)(N)c1nc(-c2ccccc2F)cs1. The first-order chi connectivity index (χ1) is 7.48. The van der Waals surface area contributed by atoms with Gasteiger partial charge in [0.1, 0.15) is 10.8 Å². The predicted octanol–water partition coefficient (Wildman–Crippen LogP) is 3.14. The Hall–Kier alpha value is -1.26. The average molecular weight is 236 g/mol. The highest BCUT2D eigenvalue weighted by Crippen LogP contribution is 2.28. The molecule has 2 aromatic rings. The lowest BCUT2D eigenvalue weighted by Crippen LogP contribution is -2.28. The molecule has 0 spiro atoms. The normalized spacial score (nSPS) is 11.8. The quantitative estimate of drug-likeness (QED) is 0.870. The summed E-state index contributed by atoms with van der Waals surface area (Å²) in [7, 11) is 0. The number of rotatable bonds is 2. The Morgan fingerprint density at radius 3 is 2.56 bits per heavy atom. The third-order valence-corrected chi connectivity index (χ3v) is 3.39. The van der Waals surface area contributed by atoms with Crippen molar-refractivity contribution in [2.24, 2.45) is 5.73 Å². The van der Waals surface area contributed by atoms with Crippen LogP contribution < -0.4 is 5.73 Å². The van der Waals surface area contributed by atoms with E-state index in [0.29, 0.717) is 11.3 Å². The Morgan fingerprint density at radius 1 is 1.31 bits per heavy atom. The van der Waals surface area contributed by atoms with Crippen LogP contribution in [0.25, 0.3) is 11.3 Å². The van der Waals surface area contributed by atoms with Gasteiger partial charge in [-0.05, 0) is 26.0 Å². The molecule has 0 atom stereocenters. The van der Waals surface area contributed by atoms with E-state index in [1.54, 1.807) is 18.2 Å². The molecule has 0 fully saturated rings. The molecular formula is C12H13FN2S. The molecule has 4 heteroatoms. The Kier molecular flexibility index (Phi) is 2.78. The zero-order valence-electron chi connectivity index (χ0n) is 9.20. The Bertz CT molecular complexity index is 500. The van der Waals surface area contributed by atoms with Gasteiger partial charge in [-0.1, -0.05) is 12.1 Å². The number of thiazole rings is 1. The minimum atomic E-state index is -0.478. The van der Waals surface area contributed by atoms with Gasteiger partial charge in [-0.2, -0.15) is 0 Å². The van der Waals surface area contributed by atoms with E-state index in [4.69, 9.17) is 5.73 Å². The van der Waals surface area contributed by atoms with Crippen LogP contribution in [0, 0.1) is 5.82 Å². The van der Waals surface area contributed by atoms with Gasteiger partial charge in [0.25, 0.3) is 0 Å². The summed E-state index contributed by atoms with van der Waals surface area (Å²) in [5, 5.41) is 2.65. The van der Waals surface area contributed by atoms with Gasteiger partial charge in [0.05, 0.1) is 11.2 Å². The van der Waals surface area contributed by atoms with Crippen molar-refractivity contribution < 1.29 is 4.39 Å². The van der Waals surface area contributed by atoms with Gasteiger partial charge >= 0.3 is 0 Å². The smallest absolute Gasteiger partial charge is 0.132 e. The number of hydrogen-bond donors (Lipinski definition) is 1. The molecule has 16 heavy (non-hydrogen) atoms. The van der Waals surface area contributed by atoms with Crippen LogP contribution in [-0.4, -0.2) is 4.98 Å². The van der Waals surface area contributed by atoms with Gasteiger partial charge in [0, 0.05) is 10.9 Å². The molecule has 0 saturated carbocycles. The minimum Gasteiger partial charge on any atom is -0.320 e. The number of hydrogen-bond acceptors (Lipinski definition) is 3. The van der Waals surface area contributed by atoms with Crippen LogP contribution in [0.1, 0.15) is 18.9 Å². The summed E-state index contributed by atoms with van der Waals surface area (Å²) < 4.78 is 13.5. The van der Waals surface area contributed by atoms with Crippen molar-refractivity contribution in [2.45, 2.75) is 19.4 Å². The van der Waals surface area contributed by atoms with Gasteiger partial charge in [0.2, 0.25) is 0 Å². The standard InChI is InChI=1S/C12H13FN2S/c1-12(2,14)11-15-10(7-16-11)8-5-3-4-6-9(8)13/h3-7H,14H2,1-2H3. The van der Waals surface area contributed by atoms with E-state index in [-0.39, 0.29) is 5.82 Å². The minimum absolute atomic E-state index is 0.255. The maximum atomic E-state index is 13.5. The molecule has 1 aromatic carbocycles. The highest BCUT2D eigenvalue weighted by atomic mass is 32.1. The fourth-order valence-electron chi connectivity index (χ4n) is 1.36. The van der Waals surface area contributed by atoms with Crippen molar-refractivity contribution in [2.75, 3.05) is 0 Å². The second kappa shape index (κ2) is 3.96. The molecule has 0 aliphatic carbocycles. The van der Waals surface area contributed by atoms with Crippen LogP contribution in [0.5, 0.6) is 0 Å². The third kappa shape index (κ3) is 2.13. The summed E-state index contributed by atoms with van der Waals surface area (Å²) >= 11 is 1.46. The summed E-state index contributed by atoms with van der Waals surface area (Å²) in [4.78, 5) is 4.37. The van der Waals surface area contributed by atoms with Crippen molar-refractivity contribution in [3.05, 3.63) is 40.5 Å². The summed E-state index contributed by atoms with van der Waals surface area (Å²) in [6.45, 7) is 3.77. The lowest BCUT2D eigenvalue weighted by Gasteiger charge is -2.13. The molecule has 0 unspecified atom stereocenters. The van der Waals surface area contributed by atoms with Crippen molar-refractivity contribution in [3.8, 4) is 11.3 Å². The first-order valence-corrected chi connectivity index (χ1v) is 5.86. The van der Waals surface area contributed by atoms with Gasteiger partial charge in [-0.25, -0.2) is 9.37 Å². The molecule has 0 aliphatic rings. The van der Waals surface area contributed by atoms with Crippen LogP contribution in [0.3, 0.4) is 0 Å². The van der Waals surface area contributed by atoms with Crippen LogP contribution in [0.4, 0.5) is 4.39 Å². The van der Waals surface area contributed by atoms with Crippen molar-refractivity contribution in [1.82, 2.24) is 4.98 Å². The number of nitrogens with two attached hydrogens (primary N) is 1. The molecule has 0 aliphatic heterocycles. The summed E-state index contributed by atoms with van der Waals surface area (Å²) in [6.07, 6.45) is 0. The monoisotopic (exact) mass is 236 g/mol. The molecule has 84 valence electrons. The fourth-order valence-corrected chi connectivity index (χ4v) is 2.22. The van der Waals surface area contributed by atoms with Crippen molar-refractivity contribution in [1.29, 1.82) is 0 Å². The van der Waals surface area contributed by atoms with Crippen LogP contribution >= 0.6 is 11.3 Å². The summed E-state index contributed by atoms with van der Waals surface area (Å²) in [6, 6.07) is 6.61. The van der Waals surface area contributed by atoms with Crippen LogP contribution in [0.15, 0.2) is 29.6 Å². The van der Waals surface area contributed by atoms with E-state index in [1.807, 2.05) is 19.2 Å². The summed E-state index contributed by atoms with van der Waals surface area (Å²) in [5.41, 5.74) is 6.63. The molecule has 2 nitrogen and oxygen atoms in total. The molecule has 1 aromatic heterocycles. The molecule has 0 radical (unpaired) electrons. The Morgan fingerprint density at radius 2 is 2.00 bits per heavy atom. The Labute approximate surface area is 97.9 Å². The van der Waals surface area contributed by atoms with E-state index in [2.05, 4.69) is 4.98 Å². The Balaban J connectivity index is 2.44. The summed E-state index contributed by atoms with van der Waals surface area (Å²) in [5.74, 6) is -0.255. The number of nitrogens with zero attached hydrogens (tertiary/aromatic N) is 1. The molecule has 0 saturated heterocycles. The molecule has 1 heterocycles. The van der Waals surface area contributed by atoms with E-state index in [9.17, 15) is 4.39 Å². The molecule has 2 N–H and O–H groups in total. The molecule has 2 rings (SSSR count). The second-order valence-corrected chi connectivity index (χ2v) is 5.10. The van der Waals surface area contributed by atoms with Crippen LogP contribution in [-0.2, 0) is 5.54 Å². The van der Waals surface area contributed by atoms with Crippen molar-refractivity contribution >= 4 is 11.3 Å². The maximum absolute atomic E-state index is 13.5. The molecule has 0 bridgehead atoms. The lowest BCUT2D eigenvalue weighted by molar-refractivity contribution is 0.550. The van der Waals surface area contributed by atoms with E-state index in [1.165, 1.54) is 17.4 Å². The first kappa shape index (κ1) is 11.2. The largest absolute Gasteiger partial charge is 0.320 e. The molecular weight excluding hydrogens is 223 g/mol. The zero-order valence-corrected chi connectivity index (χ0v) is 10.0. The topological polar surface area (TPSA) is 38.9 Å². The fraction of sp³-hybridized carbons (Fsp3) is 0.250. The average Bonchev–Trinajstić information content (AvgIpc) is 2.66. The predicted molar refractivity (Wildman–Crippen MR) is 64.7 cm³/mol. The van der Waals surface area contributed by atoms with E-state index in [0.717, 1.165) is 5.01 Å². The maximum Gasteiger partial charge on any atom is 0.132 e. The van der Waals surface area contributed by atoms with Gasteiger partial charge in [0.15, 0.2) is 0 Å². The van der Waals surface area contributed by atoms with Crippen LogP contribution in [0.2, 0.25) is 0 Å². The van der Waals surface area contributed by atoms with E-state index < -0.39 is 5.54 Å². The van der Waals surface area contributed by atoms with Gasteiger partial charge < -0.3 is 5.73 Å². The number of benzene rings is 1. The van der Waals surface area contributed by atoms with E-state index >= 15 is 0 Å². The zero-order chi connectivity index (χ0) is 11.8. The first-order valence-electron chi connectivity index (χ1n) is 4.98. The second-order valence-electron chi connectivity index (χ2n) is 4.24. The number of halogens is 1. The highest BCUT2D eigenvalue weighted by molar-refractivity contribution is 7.10. The van der Waals surface area contributed by atoms with Gasteiger partial charge in [-0.15, -0.1) is 11.3 Å². The number of aromatic nitrogens is 1. The third-order valence-electron chi connectivity index (χ3n) is 2.21. The highest BCUT2D eigenvalue weighted by Gasteiger charge is 2.19. The molecule has 0 amide bonds.